The van der Waals surface area contributed by atoms with Gasteiger partial charge >= 0.3 is 5.97 Å². The van der Waals surface area contributed by atoms with Crippen molar-refractivity contribution in [3.8, 4) is 0 Å². The van der Waals surface area contributed by atoms with Gasteiger partial charge in [-0.1, -0.05) is 36.4 Å². The van der Waals surface area contributed by atoms with Gasteiger partial charge in [-0.2, -0.15) is 0 Å². The van der Waals surface area contributed by atoms with E-state index in [4.69, 9.17) is 5.11 Å². The highest BCUT2D eigenvalue weighted by atomic mass is 16.4. The Kier molecular flexibility index (Phi) is 3.80. The summed E-state index contributed by atoms with van der Waals surface area (Å²) >= 11 is 0. The first kappa shape index (κ1) is 11.2. The second-order valence-electron chi connectivity index (χ2n) is 3.09. The minimum absolute atomic E-state index is 0.0597. The molecule has 0 atom stereocenters. The first-order valence-corrected chi connectivity index (χ1v) is 4.62. The predicted molar refractivity (Wildman–Crippen MR) is 56.8 cm³/mol. The second-order valence-corrected chi connectivity index (χ2v) is 3.09. The van der Waals surface area contributed by atoms with Crippen molar-refractivity contribution in [1.82, 2.24) is 0 Å². The number of ketones is 1. The summed E-state index contributed by atoms with van der Waals surface area (Å²) in [6, 6.07) is 8.67. The average Bonchev–Trinajstić information content (AvgIpc) is 2.26. The number of carboxylic acids is 1. The Morgan fingerprint density at radius 2 is 1.87 bits per heavy atom. The van der Waals surface area contributed by atoms with Crippen molar-refractivity contribution in [3.63, 3.8) is 0 Å². The van der Waals surface area contributed by atoms with Crippen LogP contribution < -0.4 is 0 Å². The Hall–Kier alpha value is -1.90. The molecular formula is C12H12O3. The van der Waals surface area contributed by atoms with Gasteiger partial charge in [-0.15, -0.1) is 0 Å². The van der Waals surface area contributed by atoms with E-state index in [1.165, 1.54) is 6.08 Å². The van der Waals surface area contributed by atoms with Gasteiger partial charge in [0, 0.05) is 17.6 Å². The van der Waals surface area contributed by atoms with Crippen molar-refractivity contribution in [2.75, 3.05) is 0 Å². The predicted octanol–water partition coefficient (Wildman–Crippen LogP) is 2.29. The minimum Gasteiger partial charge on any atom is -0.478 e. The Bertz CT molecular complexity index is 391. The number of carboxylic acid groups (broad SMARTS) is 1. The zero-order valence-electron chi connectivity index (χ0n) is 8.43. The number of carbonyl (C=O) groups is 2. The normalized spacial score (nSPS) is 11.1. The van der Waals surface area contributed by atoms with Crippen molar-refractivity contribution in [2.45, 2.75) is 13.3 Å². The molecule has 3 nitrogen and oxygen atoms in total. The molecule has 1 rings (SSSR count). The van der Waals surface area contributed by atoms with Crippen LogP contribution in [0.1, 0.15) is 23.7 Å². The third-order valence-electron chi connectivity index (χ3n) is 2.07. The van der Waals surface area contributed by atoms with Gasteiger partial charge < -0.3 is 5.11 Å². The molecule has 0 heterocycles. The number of carbonyl (C=O) groups excluding carboxylic acids is 1. The zero-order chi connectivity index (χ0) is 11.3. The van der Waals surface area contributed by atoms with Crippen LogP contribution in [-0.2, 0) is 4.79 Å². The maximum atomic E-state index is 11.6. The molecule has 0 aliphatic rings. The van der Waals surface area contributed by atoms with Gasteiger partial charge in [-0.05, 0) is 6.92 Å². The zero-order valence-corrected chi connectivity index (χ0v) is 8.43. The summed E-state index contributed by atoms with van der Waals surface area (Å²) in [5.74, 6) is -1.21. The lowest BCUT2D eigenvalue weighted by atomic mass is 10.0. The lowest BCUT2D eigenvalue weighted by Crippen LogP contribution is -2.07. The van der Waals surface area contributed by atoms with Crippen LogP contribution in [0.4, 0.5) is 0 Å². The van der Waals surface area contributed by atoms with E-state index in [1.807, 2.05) is 6.07 Å². The van der Waals surface area contributed by atoms with Crippen LogP contribution in [0.3, 0.4) is 0 Å². The lowest BCUT2D eigenvalue weighted by molar-refractivity contribution is -0.132. The molecule has 3 heteroatoms. The van der Waals surface area contributed by atoms with E-state index in [1.54, 1.807) is 31.2 Å². The Morgan fingerprint density at radius 1 is 1.27 bits per heavy atom. The molecule has 0 bridgehead atoms. The molecule has 0 aromatic heterocycles. The smallest absolute Gasteiger partial charge is 0.331 e. The van der Waals surface area contributed by atoms with Crippen LogP contribution in [-0.4, -0.2) is 16.9 Å². The standard InChI is InChI=1S/C12H12O3/c1-2-9(12(14)15)8-11(13)10-6-4-3-5-7-10/h2-7H,8H2,1H3,(H,14,15)/b9-2-. The number of hydrogen-bond acceptors (Lipinski definition) is 2. The fraction of sp³-hybridized carbons (Fsp3) is 0.167. The van der Waals surface area contributed by atoms with Gasteiger partial charge in [0.25, 0.3) is 0 Å². The molecule has 78 valence electrons. The van der Waals surface area contributed by atoms with Crippen LogP contribution in [0.5, 0.6) is 0 Å². The molecule has 0 saturated carbocycles. The van der Waals surface area contributed by atoms with Crippen LogP contribution in [0, 0.1) is 0 Å². The van der Waals surface area contributed by atoms with Crippen LogP contribution in [0.2, 0.25) is 0 Å². The van der Waals surface area contributed by atoms with E-state index in [0.29, 0.717) is 5.56 Å². The summed E-state index contributed by atoms with van der Waals surface area (Å²) in [7, 11) is 0. The van der Waals surface area contributed by atoms with Gasteiger partial charge in [0.05, 0.1) is 0 Å². The maximum absolute atomic E-state index is 11.6. The summed E-state index contributed by atoms with van der Waals surface area (Å²) in [6.45, 7) is 1.61. The quantitative estimate of drug-likeness (QED) is 0.604. The van der Waals surface area contributed by atoms with Crippen LogP contribution >= 0.6 is 0 Å². The minimum atomic E-state index is -1.04. The van der Waals surface area contributed by atoms with Crippen LogP contribution in [0.25, 0.3) is 0 Å². The SMILES string of the molecule is C/C=C(/CC(=O)c1ccccc1)C(=O)O. The Morgan fingerprint density at radius 3 is 2.33 bits per heavy atom. The molecule has 15 heavy (non-hydrogen) atoms. The van der Waals surface area contributed by atoms with E-state index in [0.717, 1.165) is 0 Å². The lowest BCUT2D eigenvalue weighted by Gasteiger charge is -2.01. The molecule has 1 aromatic carbocycles. The summed E-state index contributed by atoms with van der Waals surface area (Å²) in [6.07, 6.45) is 1.39. The van der Waals surface area contributed by atoms with Crippen LogP contribution in [0.15, 0.2) is 42.0 Å². The average molecular weight is 204 g/mol. The van der Waals surface area contributed by atoms with E-state index < -0.39 is 5.97 Å². The van der Waals surface area contributed by atoms with E-state index in [-0.39, 0.29) is 17.8 Å². The maximum Gasteiger partial charge on any atom is 0.331 e. The highest BCUT2D eigenvalue weighted by Crippen LogP contribution is 2.09. The van der Waals surface area contributed by atoms with E-state index in [2.05, 4.69) is 0 Å². The summed E-state index contributed by atoms with van der Waals surface area (Å²) < 4.78 is 0. The topological polar surface area (TPSA) is 54.4 Å². The summed E-state index contributed by atoms with van der Waals surface area (Å²) in [5, 5.41) is 8.75. The molecular weight excluding hydrogens is 192 g/mol. The number of rotatable bonds is 4. The second kappa shape index (κ2) is 5.10. The fourth-order valence-corrected chi connectivity index (χ4v) is 1.20. The molecule has 0 aliphatic carbocycles. The van der Waals surface area contributed by atoms with Gasteiger partial charge in [0.1, 0.15) is 0 Å². The van der Waals surface area contributed by atoms with Gasteiger partial charge in [0.15, 0.2) is 5.78 Å². The van der Waals surface area contributed by atoms with Gasteiger partial charge in [0.2, 0.25) is 0 Å². The molecule has 1 N–H and O–H groups in total. The number of aliphatic carboxylic acids is 1. The van der Waals surface area contributed by atoms with Crippen molar-refractivity contribution >= 4 is 11.8 Å². The monoisotopic (exact) mass is 204 g/mol. The molecule has 0 spiro atoms. The van der Waals surface area contributed by atoms with Crippen molar-refractivity contribution in [3.05, 3.63) is 47.5 Å². The highest BCUT2D eigenvalue weighted by Gasteiger charge is 2.12. The molecule has 1 aromatic rings. The first-order chi connectivity index (χ1) is 7.15. The Labute approximate surface area is 88.0 Å². The van der Waals surface area contributed by atoms with Crippen molar-refractivity contribution in [1.29, 1.82) is 0 Å². The largest absolute Gasteiger partial charge is 0.478 e. The first-order valence-electron chi connectivity index (χ1n) is 4.62. The molecule has 0 amide bonds. The fourth-order valence-electron chi connectivity index (χ4n) is 1.20. The van der Waals surface area contributed by atoms with Gasteiger partial charge in [-0.25, -0.2) is 4.79 Å². The van der Waals surface area contributed by atoms with E-state index in [9.17, 15) is 9.59 Å². The molecule has 0 aliphatic heterocycles. The number of benzene rings is 1. The summed E-state index contributed by atoms with van der Waals surface area (Å²) in [5.41, 5.74) is 0.668. The molecule has 0 saturated heterocycles. The Balaban J connectivity index is 2.77. The molecule has 0 fully saturated rings. The third kappa shape index (κ3) is 3.06. The highest BCUT2D eigenvalue weighted by molar-refractivity contribution is 6.02. The van der Waals surface area contributed by atoms with Crippen molar-refractivity contribution in [2.24, 2.45) is 0 Å². The third-order valence-corrected chi connectivity index (χ3v) is 2.07. The molecule has 0 unspecified atom stereocenters. The number of hydrogen-bond donors (Lipinski definition) is 1. The number of Topliss-reactive ketones (excluding diaryl/α,β-unsaturated/α-hetero) is 1. The number of allylic oxidation sites excluding steroid dienone is 1. The van der Waals surface area contributed by atoms with E-state index >= 15 is 0 Å². The van der Waals surface area contributed by atoms with Gasteiger partial charge in [-0.3, -0.25) is 4.79 Å². The summed E-state index contributed by atoms with van der Waals surface area (Å²) in [4.78, 5) is 22.3. The molecule has 0 radical (unpaired) electrons. The van der Waals surface area contributed by atoms with Crippen molar-refractivity contribution < 1.29 is 14.7 Å².